The number of benzene rings is 3. The molecule has 0 spiro atoms. The zero-order valence-corrected chi connectivity index (χ0v) is 39.2. The summed E-state index contributed by atoms with van der Waals surface area (Å²) in [6.07, 6.45) is 34.9. The number of rotatable bonds is 40. The van der Waals surface area contributed by atoms with Gasteiger partial charge in [-0.15, -0.1) is 0 Å². The Kier molecular flexibility index (Phi) is 30.4. The Balaban J connectivity index is 1.48. The van der Waals surface area contributed by atoms with Crippen molar-refractivity contribution in [1.82, 2.24) is 4.90 Å². The molecule has 5 nitrogen and oxygen atoms in total. The molecule has 1 amide bonds. The van der Waals surface area contributed by atoms with E-state index in [0.29, 0.717) is 26.2 Å². The SMILES string of the molecule is CCCCCCCCCCCCCCCCOCC(O)CN(CCOC(c1ccccc1)(c1ccccc1)c1ccccc1)C(=O)CCCCCCCCCCCCCCC. The van der Waals surface area contributed by atoms with E-state index in [-0.39, 0.29) is 19.1 Å². The minimum Gasteiger partial charge on any atom is -0.389 e. The van der Waals surface area contributed by atoms with E-state index in [9.17, 15) is 9.90 Å². The van der Waals surface area contributed by atoms with E-state index in [4.69, 9.17) is 9.47 Å². The van der Waals surface area contributed by atoms with Crippen molar-refractivity contribution in [2.75, 3.05) is 32.9 Å². The fourth-order valence-corrected chi connectivity index (χ4v) is 8.77. The van der Waals surface area contributed by atoms with Crippen molar-refractivity contribution >= 4 is 5.91 Å². The van der Waals surface area contributed by atoms with Crippen LogP contribution in [0.3, 0.4) is 0 Å². The van der Waals surface area contributed by atoms with Crippen molar-refractivity contribution in [2.24, 2.45) is 0 Å². The van der Waals surface area contributed by atoms with E-state index in [1.165, 1.54) is 154 Å². The molecule has 0 aliphatic heterocycles. The summed E-state index contributed by atoms with van der Waals surface area (Å²) in [4.78, 5) is 15.7. The molecular formula is C56H89NO4. The Labute approximate surface area is 374 Å². The Morgan fingerprint density at radius 1 is 0.492 bits per heavy atom. The van der Waals surface area contributed by atoms with Gasteiger partial charge in [0.25, 0.3) is 0 Å². The minimum atomic E-state index is -0.858. The first-order valence-corrected chi connectivity index (χ1v) is 25.5. The number of carbonyl (C=O) groups is 1. The lowest BCUT2D eigenvalue weighted by molar-refractivity contribution is -0.135. The molecule has 0 bridgehead atoms. The van der Waals surface area contributed by atoms with Crippen LogP contribution in [-0.4, -0.2) is 54.9 Å². The average Bonchev–Trinajstić information content (AvgIpc) is 3.29. The van der Waals surface area contributed by atoms with Gasteiger partial charge in [-0.3, -0.25) is 4.79 Å². The van der Waals surface area contributed by atoms with Crippen LogP contribution in [0.1, 0.15) is 210 Å². The fourth-order valence-electron chi connectivity index (χ4n) is 8.77. The van der Waals surface area contributed by atoms with Gasteiger partial charge in [-0.25, -0.2) is 0 Å². The number of aliphatic hydroxyl groups excluding tert-OH is 1. The maximum Gasteiger partial charge on any atom is 0.222 e. The summed E-state index contributed by atoms with van der Waals surface area (Å²) < 4.78 is 13.0. The number of aliphatic hydroxyl groups is 1. The lowest BCUT2D eigenvalue weighted by Gasteiger charge is -2.37. The molecule has 3 aromatic rings. The topological polar surface area (TPSA) is 59.0 Å². The van der Waals surface area contributed by atoms with Crippen LogP contribution in [0.4, 0.5) is 0 Å². The van der Waals surface area contributed by atoms with E-state index in [1.807, 2.05) is 23.1 Å². The van der Waals surface area contributed by atoms with Gasteiger partial charge in [-0.05, 0) is 29.5 Å². The second kappa shape index (κ2) is 35.5. The van der Waals surface area contributed by atoms with Crippen molar-refractivity contribution in [3.8, 4) is 0 Å². The van der Waals surface area contributed by atoms with Gasteiger partial charge in [0.05, 0.1) is 19.3 Å². The monoisotopic (exact) mass is 840 g/mol. The van der Waals surface area contributed by atoms with Crippen molar-refractivity contribution in [3.05, 3.63) is 108 Å². The molecule has 3 rings (SSSR count). The van der Waals surface area contributed by atoms with Crippen molar-refractivity contribution < 1.29 is 19.4 Å². The Morgan fingerprint density at radius 2 is 0.836 bits per heavy atom. The summed E-state index contributed by atoms with van der Waals surface area (Å²) in [5.74, 6) is 0.0856. The Hall–Kier alpha value is -2.99. The molecule has 5 heteroatoms. The van der Waals surface area contributed by atoms with E-state index >= 15 is 0 Å². The lowest BCUT2D eigenvalue weighted by atomic mass is 9.80. The maximum absolute atomic E-state index is 13.9. The summed E-state index contributed by atoms with van der Waals surface area (Å²) in [6.45, 7) is 6.40. The Bertz CT molecular complexity index is 1320. The molecule has 0 saturated carbocycles. The molecule has 0 heterocycles. The molecule has 0 aliphatic rings. The van der Waals surface area contributed by atoms with Crippen LogP contribution >= 0.6 is 0 Å². The number of hydrogen-bond donors (Lipinski definition) is 1. The van der Waals surface area contributed by atoms with Gasteiger partial charge in [-0.2, -0.15) is 0 Å². The van der Waals surface area contributed by atoms with Crippen molar-refractivity contribution in [2.45, 2.75) is 205 Å². The standard InChI is InChI=1S/C56H89NO4/c1-3-5-7-9-11-13-15-17-19-21-23-25-27-38-47-60-50-54(58)49-57(55(59)45-37-26-24-22-20-18-16-14-12-10-8-6-4-2)46-48-61-56(51-39-31-28-32-40-51,52-41-33-29-34-42-52)53-43-35-30-36-44-53/h28-36,39-44,54,58H,3-27,37-38,45-50H2,1-2H3. The summed E-state index contributed by atoms with van der Waals surface area (Å²) in [5.41, 5.74) is 2.25. The number of unbranched alkanes of at least 4 members (excludes halogenated alkanes) is 25. The first-order valence-electron chi connectivity index (χ1n) is 25.5. The van der Waals surface area contributed by atoms with Gasteiger partial charge in [-0.1, -0.05) is 265 Å². The highest BCUT2D eigenvalue weighted by Gasteiger charge is 2.37. The summed E-state index contributed by atoms with van der Waals surface area (Å²) in [7, 11) is 0. The summed E-state index contributed by atoms with van der Waals surface area (Å²) >= 11 is 0. The van der Waals surface area contributed by atoms with E-state index in [2.05, 4.69) is 86.6 Å². The summed E-state index contributed by atoms with van der Waals surface area (Å²) in [6, 6.07) is 31.2. The average molecular weight is 840 g/mol. The van der Waals surface area contributed by atoms with Crippen LogP contribution in [-0.2, 0) is 19.9 Å². The molecule has 0 radical (unpaired) electrons. The molecule has 342 valence electrons. The van der Waals surface area contributed by atoms with Gasteiger partial charge in [0, 0.05) is 26.1 Å². The zero-order valence-electron chi connectivity index (χ0n) is 39.2. The number of ether oxygens (including phenoxy) is 2. The predicted octanol–water partition coefficient (Wildman–Crippen LogP) is 15.2. The molecule has 1 N–H and O–H groups in total. The summed E-state index contributed by atoms with van der Waals surface area (Å²) in [5, 5.41) is 11.2. The van der Waals surface area contributed by atoms with Crippen LogP contribution in [0.15, 0.2) is 91.0 Å². The highest BCUT2D eigenvalue weighted by molar-refractivity contribution is 5.76. The Morgan fingerprint density at radius 3 is 1.21 bits per heavy atom. The van der Waals surface area contributed by atoms with Gasteiger partial charge >= 0.3 is 0 Å². The van der Waals surface area contributed by atoms with Crippen LogP contribution in [0.5, 0.6) is 0 Å². The lowest BCUT2D eigenvalue weighted by Crippen LogP contribution is -2.42. The number of amides is 1. The molecular weight excluding hydrogens is 751 g/mol. The third-order valence-corrected chi connectivity index (χ3v) is 12.5. The molecule has 0 aliphatic carbocycles. The van der Waals surface area contributed by atoms with Crippen molar-refractivity contribution in [3.63, 3.8) is 0 Å². The van der Waals surface area contributed by atoms with Crippen molar-refractivity contribution in [1.29, 1.82) is 0 Å². The van der Waals surface area contributed by atoms with E-state index in [1.54, 1.807) is 0 Å². The molecule has 0 saturated heterocycles. The third-order valence-electron chi connectivity index (χ3n) is 12.5. The largest absolute Gasteiger partial charge is 0.389 e. The highest BCUT2D eigenvalue weighted by Crippen LogP contribution is 2.40. The van der Waals surface area contributed by atoms with Crippen LogP contribution in [0.25, 0.3) is 0 Å². The number of nitrogens with zero attached hydrogens (tertiary/aromatic N) is 1. The second-order valence-corrected chi connectivity index (χ2v) is 17.8. The highest BCUT2D eigenvalue weighted by atomic mass is 16.5. The third kappa shape index (κ3) is 22.8. The number of carbonyl (C=O) groups excluding carboxylic acids is 1. The number of hydrogen-bond acceptors (Lipinski definition) is 4. The molecule has 0 fully saturated rings. The predicted molar refractivity (Wildman–Crippen MR) is 259 cm³/mol. The quantitative estimate of drug-likeness (QED) is 0.0458. The second-order valence-electron chi connectivity index (χ2n) is 17.8. The van der Waals surface area contributed by atoms with Crippen LogP contribution in [0, 0.1) is 0 Å². The minimum absolute atomic E-state index is 0.0856. The molecule has 3 aromatic carbocycles. The van der Waals surface area contributed by atoms with Gasteiger partial charge in [0.15, 0.2) is 0 Å². The zero-order chi connectivity index (χ0) is 43.3. The maximum atomic E-state index is 13.9. The fraction of sp³-hybridized carbons (Fsp3) is 0.661. The van der Waals surface area contributed by atoms with Gasteiger partial charge in [0.1, 0.15) is 5.60 Å². The van der Waals surface area contributed by atoms with E-state index < -0.39 is 11.7 Å². The molecule has 1 atom stereocenters. The normalized spacial score (nSPS) is 12.2. The van der Waals surface area contributed by atoms with E-state index in [0.717, 1.165) is 36.0 Å². The first-order chi connectivity index (χ1) is 30.1. The van der Waals surface area contributed by atoms with Gasteiger partial charge < -0.3 is 19.5 Å². The molecule has 0 aromatic heterocycles. The smallest absolute Gasteiger partial charge is 0.222 e. The first kappa shape index (κ1) is 52.4. The molecule has 61 heavy (non-hydrogen) atoms. The van der Waals surface area contributed by atoms with Crippen LogP contribution in [0.2, 0.25) is 0 Å². The van der Waals surface area contributed by atoms with Gasteiger partial charge in [0.2, 0.25) is 5.91 Å². The molecule has 1 unspecified atom stereocenters. The van der Waals surface area contributed by atoms with Crippen LogP contribution < -0.4 is 0 Å².